The zero-order chi connectivity index (χ0) is 17.8. The Kier molecular flexibility index (Phi) is 7.42. The quantitative estimate of drug-likeness (QED) is 0.396. The van der Waals surface area contributed by atoms with Crippen LogP contribution in [0.5, 0.6) is 11.5 Å². The van der Waals surface area contributed by atoms with E-state index in [4.69, 9.17) is 14.2 Å². The van der Waals surface area contributed by atoms with Crippen molar-refractivity contribution in [3.63, 3.8) is 0 Å². The first-order chi connectivity index (χ1) is 12.8. The van der Waals surface area contributed by atoms with Gasteiger partial charge in [-0.3, -0.25) is 9.89 Å². The number of piperazine rings is 1. The molecule has 0 aromatic heterocycles. The Hall–Kier alpha value is -1.26. The van der Waals surface area contributed by atoms with Gasteiger partial charge in [-0.05, 0) is 30.0 Å². The first-order valence-corrected chi connectivity index (χ1v) is 9.46. The van der Waals surface area contributed by atoms with Crippen LogP contribution in [0.15, 0.2) is 23.2 Å². The van der Waals surface area contributed by atoms with Gasteiger partial charge in [-0.1, -0.05) is 6.07 Å². The van der Waals surface area contributed by atoms with Crippen LogP contribution < -0.4 is 14.8 Å². The molecule has 2 fully saturated rings. The smallest absolute Gasteiger partial charge is 0.231 e. The largest absolute Gasteiger partial charge is 0.454 e. The van der Waals surface area contributed by atoms with Crippen molar-refractivity contribution in [2.75, 3.05) is 59.8 Å². The zero-order valence-corrected chi connectivity index (χ0v) is 18.2. The van der Waals surface area contributed by atoms with Crippen LogP contribution in [-0.2, 0) is 11.3 Å². The van der Waals surface area contributed by atoms with Crippen LogP contribution in [0.3, 0.4) is 0 Å². The molecule has 3 aliphatic heterocycles. The van der Waals surface area contributed by atoms with Gasteiger partial charge in [0.15, 0.2) is 17.5 Å². The lowest BCUT2D eigenvalue weighted by Gasteiger charge is -2.37. The first-order valence-electron chi connectivity index (χ1n) is 9.46. The highest BCUT2D eigenvalue weighted by atomic mass is 127. The van der Waals surface area contributed by atoms with Crippen LogP contribution in [0.25, 0.3) is 0 Å². The highest BCUT2D eigenvalue weighted by Gasteiger charge is 2.24. The summed E-state index contributed by atoms with van der Waals surface area (Å²) < 4.78 is 16.3. The first kappa shape index (κ1) is 20.5. The number of fused-ring (bicyclic) bond motifs is 1. The predicted octanol–water partition coefficient (Wildman–Crippen LogP) is 1.76. The lowest BCUT2D eigenvalue weighted by atomic mass is 10.1. The topological polar surface area (TPSA) is 58.6 Å². The molecule has 0 spiro atoms. The third-order valence-corrected chi connectivity index (χ3v) is 5.31. The fourth-order valence-corrected chi connectivity index (χ4v) is 3.80. The second kappa shape index (κ2) is 9.79. The Morgan fingerprint density at radius 2 is 2.00 bits per heavy atom. The molecule has 0 aliphatic carbocycles. The number of nitrogens with zero attached hydrogens (tertiary/aromatic N) is 3. The number of aliphatic imine (C=N–C) groups is 1. The molecule has 1 aromatic rings. The number of guanidine groups is 1. The van der Waals surface area contributed by atoms with Gasteiger partial charge in [-0.15, -0.1) is 24.0 Å². The molecule has 27 heavy (non-hydrogen) atoms. The van der Waals surface area contributed by atoms with Crippen molar-refractivity contribution < 1.29 is 14.2 Å². The van der Waals surface area contributed by atoms with E-state index in [0.29, 0.717) is 12.7 Å². The van der Waals surface area contributed by atoms with E-state index >= 15 is 0 Å². The average molecular weight is 488 g/mol. The maximum atomic E-state index is 5.49. The van der Waals surface area contributed by atoms with E-state index < -0.39 is 0 Å². The molecule has 1 N–H and O–H groups in total. The van der Waals surface area contributed by atoms with E-state index in [1.807, 2.05) is 19.2 Å². The van der Waals surface area contributed by atoms with E-state index in [1.54, 1.807) is 0 Å². The lowest BCUT2D eigenvalue weighted by Crippen LogP contribution is -2.53. The third kappa shape index (κ3) is 5.17. The summed E-state index contributed by atoms with van der Waals surface area (Å²) in [4.78, 5) is 9.36. The number of ether oxygens (including phenoxy) is 3. The SMILES string of the molecule is CN=C(NCc1ccc2c(c1)OCO2)N1CCN(CC2CCOC2)CC1.I. The number of nitrogens with one attached hydrogen (secondary N) is 1. The fourth-order valence-electron chi connectivity index (χ4n) is 3.80. The molecule has 0 amide bonds. The molecule has 4 rings (SSSR count). The normalized spacial score (nSPS) is 22.6. The molecule has 3 aliphatic rings. The number of halogens is 1. The van der Waals surface area contributed by atoms with Crippen molar-refractivity contribution in [1.29, 1.82) is 0 Å². The van der Waals surface area contributed by atoms with Gasteiger partial charge in [-0.2, -0.15) is 0 Å². The Morgan fingerprint density at radius 1 is 1.19 bits per heavy atom. The van der Waals surface area contributed by atoms with Crippen LogP contribution in [0, 0.1) is 5.92 Å². The highest BCUT2D eigenvalue weighted by Crippen LogP contribution is 2.32. The lowest BCUT2D eigenvalue weighted by molar-refractivity contribution is 0.139. The summed E-state index contributed by atoms with van der Waals surface area (Å²) in [5.41, 5.74) is 1.16. The van der Waals surface area contributed by atoms with Crippen molar-refractivity contribution in [1.82, 2.24) is 15.1 Å². The maximum Gasteiger partial charge on any atom is 0.231 e. The summed E-state index contributed by atoms with van der Waals surface area (Å²) in [6.07, 6.45) is 1.21. The van der Waals surface area contributed by atoms with Gasteiger partial charge in [0.05, 0.1) is 6.61 Å². The Labute approximate surface area is 178 Å². The molecule has 2 saturated heterocycles. The van der Waals surface area contributed by atoms with Crippen LogP contribution >= 0.6 is 24.0 Å². The molecule has 0 bridgehead atoms. The van der Waals surface area contributed by atoms with Gasteiger partial charge in [0, 0.05) is 52.9 Å². The van der Waals surface area contributed by atoms with Gasteiger partial charge < -0.3 is 24.4 Å². The fraction of sp³-hybridized carbons (Fsp3) is 0.632. The van der Waals surface area contributed by atoms with Crippen molar-refractivity contribution in [3.8, 4) is 11.5 Å². The van der Waals surface area contributed by atoms with Crippen LogP contribution in [0.1, 0.15) is 12.0 Å². The number of benzene rings is 1. The molecule has 7 nitrogen and oxygen atoms in total. The summed E-state index contributed by atoms with van der Waals surface area (Å²) in [6.45, 7) is 8.25. The van der Waals surface area contributed by atoms with Crippen molar-refractivity contribution >= 4 is 29.9 Å². The van der Waals surface area contributed by atoms with Crippen molar-refractivity contribution in [2.45, 2.75) is 13.0 Å². The minimum absolute atomic E-state index is 0. The molecule has 0 radical (unpaired) electrons. The molecular weight excluding hydrogens is 459 g/mol. The van der Waals surface area contributed by atoms with Crippen molar-refractivity contribution in [3.05, 3.63) is 23.8 Å². The van der Waals surface area contributed by atoms with E-state index in [1.165, 1.54) is 6.42 Å². The predicted molar refractivity (Wildman–Crippen MR) is 115 cm³/mol. The molecule has 1 atom stereocenters. The second-order valence-electron chi connectivity index (χ2n) is 7.11. The van der Waals surface area contributed by atoms with E-state index in [9.17, 15) is 0 Å². The summed E-state index contributed by atoms with van der Waals surface area (Å²) in [7, 11) is 1.85. The minimum Gasteiger partial charge on any atom is -0.454 e. The molecule has 8 heteroatoms. The molecule has 0 saturated carbocycles. The monoisotopic (exact) mass is 488 g/mol. The number of hydrogen-bond donors (Lipinski definition) is 1. The van der Waals surface area contributed by atoms with Gasteiger partial charge in [-0.25, -0.2) is 0 Å². The molecule has 3 heterocycles. The zero-order valence-electron chi connectivity index (χ0n) is 15.9. The Bertz CT molecular complexity index is 644. The van der Waals surface area contributed by atoms with E-state index in [-0.39, 0.29) is 24.0 Å². The average Bonchev–Trinajstić information content (AvgIpc) is 3.34. The second-order valence-corrected chi connectivity index (χ2v) is 7.11. The summed E-state index contributed by atoms with van der Waals surface area (Å²) in [6, 6.07) is 6.06. The van der Waals surface area contributed by atoms with Gasteiger partial charge in [0.25, 0.3) is 0 Å². The van der Waals surface area contributed by atoms with Gasteiger partial charge in [0.1, 0.15) is 0 Å². The molecule has 1 unspecified atom stereocenters. The van der Waals surface area contributed by atoms with Crippen LogP contribution in [0.4, 0.5) is 0 Å². The standard InChI is InChI=1S/C19H28N4O3.HI/c1-20-19(21-11-15-2-3-17-18(10-15)26-14-25-17)23-7-5-22(6-8-23)12-16-4-9-24-13-16;/h2-3,10,16H,4-9,11-14H2,1H3,(H,20,21);1H. The number of rotatable bonds is 4. The van der Waals surface area contributed by atoms with E-state index in [0.717, 1.165) is 75.5 Å². The minimum atomic E-state index is 0. The van der Waals surface area contributed by atoms with Crippen LogP contribution in [-0.4, -0.2) is 75.5 Å². The maximum absolute atomic E-state index is 5.49. The van der Waals surface area contributed by atoms with Gasteiger partial charge in [0.2, 0.25) is 6.79 Å². The Morgan fingerprint density at radius 3 is 2.74 bits per heavy atom. The highest BCUT2D eigenvalue weighted by molar-refractivity contribution is 14.0. The molecule has 1 aromatic carbocycles. The summed E-state index contributed by atoms with van der Waals surface area (Å²) >= 11 is 0. The molecule has 150 valence electrons. The summed E-state index contributed by atoms with van der Waals surface area (Å²) in [5.74, 6) is 3.32. The van der Waals surface area contributed by atoms with Crippen molar-refractivity contribution in [2.24, 2.45) is 10.9 Å². The molecular formula is C19H29IN4O3. The van der Waals surface area contributed by atoms with Crippen LogP contribution in [0.2, 0.25) is 0 Å². The third-order valence-electron chi connectivity index (χ3n) is 5.31. The van der Waals surface area contributed by atoms with E-state index in [2.05, 4.69) is 26.2 Å². The Balaban J connectivity index is 0.00000210. The number of hydrogen-bond acceptors (Lipinski definition) is 5. The summed E-state index contributed by atoms with van der Waals surface area (Å²) in [5, 5.41) is 3.48. The van der Waals surface area contributed by atoms with Gasteiger partial charge >= 0.3 is 0 Å².